The van der Waals surface area contributed by atoms with Crippen LogP contribution in [0.2, 0.25) is 0 Å². The first-order chi connectivity index (χ1) is 8.86. The molecule has 0 unspecified atom stereocenters. The Hall–Kier alpha value is -1.55. The minimum absolute atomic E-state index is 0.969. The Labute approximate surface area is 111 Å². The van der Waals surface area contributed by atoms with Crippen LogP contribution >= 0.6 is 11.3 Å². The van der Waals surface area contributed by atoms with Gasteiger partial charge in [0, 0.05) is 32.0 Å². The van der Waals surface area contributed by atoms with E-state index in [4.69, 9.17) is 0 Å². The lowest BCUT2D eigenvalue weighted by Gasteiger charge is -2.18. The van der Waals surface area contributed by atoms with Gasteiger partial charge < -0.3 is 10.2 Å². The third-order valence-electron chi connectivity index (χ3n) is 3.32. The van der Waals surface area contributed by atoms with E-state index in [1.54, 1.807) is 11.3 Å². The van der Waals surface area contributed by atoms with Crippen molar-refractivity contribution in [3.63, 3.8) is 0 Å². The van der Waals surface area contributed by atoms with Crippen molar-refractivity contribution in [1.82, 2.24) is 4.98 Å². The molecule has 94 valence electrons. The van der Waals surface area contributed by atoms with E-state index in [2.05, 4.69) is 39.5 Å². The van der Waals surface area contributed by atoms with Crippen LogP contribution in [0, 0.1) is 0 Å². The van der Waals surface area contributed by atoms with E-state index in [0.717, 1.165) is 5.13 Å². The molecule has 1 fully saturated rings. The van der Waals surface area contributed by atoms with Gasteiger partial charge in [-0.15, -0.1) is 0 Å². The van der Waals surface area contributed by atoms with Gasteiger partial charge in [-0.05, 0) is 30.5 Å². The number of benzene rings is 1. The Morgan fingerprint density at radius 2 is 2.11 bits per heavy atom. The third-order valence-corrected chi connectivity index (χ3v) is 4.39. The minimum Gasteiger partial charge on any atom is -0.372 e. The van der Waals surface area contributed by atoms with Crippen molar-refractivity contribution in [3.05, 3.63) is 30.5 Å². The molecule has 2 heterocycles. The molecule has 0 aliphatic carbocycles. The fourth-order valence-corrected chi connectivity index (χ4v) is 3.12. The molecule has 0 atom stereocenters. The topological polar surface area (TPSA) is 28.2 Å². The van der Waals surface area contributed by atoms with Crippen molar-refractivity contribution in [3.8, 4) is 10.4 Å². The van der Waals surface area contributed by atoms with Crippen LogP contribution in [-0.4, -0.2) is 25.1 Å². The van der Waals surface area contributed by atoms with Gasteiger partial charge in [0.05, 0.1) is 4.88 Å². The number of thiazole rings is 1. The summed E-state index contributed by atoms with van der Waals surface area (Å²) in [6, 6.07) is 8.78. The van der Waals surface area contributed by atoms with E-state index >= 15 is 0 Å². The van der Waals surface area contributed by atoms with Crippen LogP contribution in [0.15, 0.2) is 30.5 Å². The van der Waals surface area contributed by atoms with E-state index in [1.807, 2.05) is 13.2 Å². The van der Waals surface area contributed by atoms with Crippen molar-refractivity contribution in [2.24, 2.45) is 0 Å². The molecule has 0 spiro atoms. The predicted molar refractivity (Wildman–Crippen MR) is 78.5 cm³/mol. The number of nitrogens with one attached hydrogen (secondary N) is 1. The molecular weight excluding hydrogens is 242 g/mol. The zero-order valence-corrected chi connectivity index (χ0v) is 11.3. The summed E-state index contributed by atoms with van der Waals surface area (Å²) < 4.78 is 0. The summed E-state index contributed by atoms with van der Waals surface area (Å²) in [6.45, 7) is 2.38. The van der Waals surface area contributed by atoms with Crippen molar-refractivity contribution < 1.29 is 0 Å². The van der Waals surface area contributed by atoms with Crippen LogP contribution in [0.3, 0.4) is 0 Å². The van der Waals surface area contributed by atoms with Gasteiger partial charge in [0.25, 0.3) is 0 Å². The highest BCUT2D eigenvalue weighted by atomic mass is 32.1. The normalized spacial score (nSPS) is 15.1. The number of aromatic nitrogens is 1. The predicted octanol–water partition coefficient (Wildman–Crippen LogP) is 3.45. The van der Waals surface area contributed by atoms with Gasteiger partial charge in [0.1, 0.15) is 0 Å². The quantitative estimate of drug-likeness (QED) is 0.915. The molecule has 0 bridgehead atoms. The van der Waals surface area contributed by atoms with E-state index < -0.39 is 0 Å². The molecule has 0 radical (unpaired) electrons. The van der Waals surface area contributed by atoms with Gasteiger partial charge in [0.15, 0.2) is 5.13 Å². The van der Waals surface area contributed by atoms with E-state index in [-0.39, 0.29) is 0 Å². The number of rotatable bonds is 3. The Balaban J connectivity index is 1.90. The summed E-state index contributed by atoms with van der Waals surface area (Å²) >= 11 is 1.70. The molecule has 1 aliphatic rings. The van der Waals surface area contributed by atoms with Crippen LogP contribution in [0.5, 0.6) is 0 Å². The largest absolute Gasteiger partial charge is 0.372 e. The summed E-state index contributed by atoms with van der Waals surface area (Å²) in [5, 5.41) is 4.05. The number of anilines is 2. The Bertz CT molecular complexity index is 529. The number of nitrogens with zero attached hydrogens (tertiary/aromatic N) is 2. The molecule has 1 aromatic heterocycles. The first-order valence-corrected chi connectivity index (χ1v) is 7.17. The SMILES string of the molecule is CNc1ncc(-c2cccc(N3CCCC3)c2)s1. The zero-order chi connectivity index (χ0) is 12.4. The highest BCUT2D eigenvalue weighted by Gasteiger charge is 2.13. The van der Waals surface area contributed by atoms with Crippen LogP contribution in [-0.2, 0) is 0 Å². The standard InChI is InChI=1S/C14H17N3S/c1-15-14-16-10-13(18-14)11-5-4-6-12(9-11)17-7-2-3-8-17/h4-6,9-10H,2-3,7-8H2,1H3,(H,15,16). The zero-order valence-electron chi connectivity index (χ0n) is 10.5. The molecule has 1 N–H and O–H groups in total. The van der Waals surface area contributed by atoms with E-state index in [0.29, 0.717) is 0 Å². The fourth-order valence-electron chi connectivity index (χ4n) is 2.35. The van der Waals surface area contributed by atoms with E-state index in [9.17, 15) is 0 Å². The van der Waals surface area contributed by atoms with Gasteiger partial charge in [-0.2, -0.15) is 0 Å². The molecule has 2 aromatic rings. The summed E-state index contributed by atoms with van der Waals surface area (Å²) in [6.07, 6.45) is 4.57. The monoisotopic (exact) mass is 259 g/mol. The Kier molecular flexibility index (Phi) is 3.19. The lowest BCUT2D eigenvalue weighted by atomic mass is 10.1. The second-order valence-corrected chi connectivity index (χ2v) is 5.55. The lowest BCUT2D eigenvalue weighted by Crippen LogP contribution is -2.17. The van der Waals surface area contributed by atoms with Crippen LogP contribution in [0.25, 0.3) is 10.4 Å². The molecular formula is C14H17N3S. The molecule has 4 heteroatoms. The average Bonchev–Trinajstić information content (AvgIpc) is 3.10. The van der Waals surface area contributed by atoms with Gasteiger partial charge >= 0.3 is 0 Å². The first-order valence-electron chi connectivity index (χ1n) is 6.36. The van der Waals surface area contributed by atoms with Crippen LogP contribution in [0.4, 0.5) is 10.8 Å². The maximum absolute atomic E-state index is 4.33. The molecule has 1 aromatic carbocycles. The van der Waals surface area contributed by atoms with Gasteiger partial charge in [-0.25, -0.2) is 4.98 Å². The van der Waals surface area contributed by atoms with Gasteiger partial charge in [-0.3, -0.25) is 0 Å². The summed E-state index contributed by atoms with van der Waals surface area (Å²) in [7, 11) is 1.91. The molecule has 1 aliphatic heterocycles. The molecule has 3 rings (SSSR count). The maximum Gasteiger partial charge on any atom is 0.182 e. The fraction of sp³-hybridized carbons (Fsp3) is 0.357. The third kappa shape index (κ3) is 2.20. The highest BCUT2D eigenvalue weighted by Crippen LogP contribution is 2.31. The van der Waals surface area contributed by atoms with Gasteiger partial charge in [0.2, 0.25) is 0 Å². The summed E-state index contributed by atoms with van der Waals surface area (Å²) in [5.74, 6) is 0. The Morgan fingerprint density at radius 3 is 2.83 bits per heavy atom. The summed E-state index contributed by atoms with van der Waals surface area (Å²) in [4.78, 5) is 8.02. The number of hydrogen-bond acceptors (Lipinski definition) is 4. The second kappa shape index (κ2) is 4.98. The average molecular weight is 259 g/mol. The smallest absolute Gasteiger partial charge is 0.182 e. The Morgan fingerprint density at radius 1 is 1.28 bits per heavy atom. The van der Waals surface area contributed by atoms with E-state index in [1.165, 1.54) is 42.1 Å². The lowest BCUT2D eigenvalue weighted by molar-refractivity contribution is 0.949. The van der Waals surface area contributed by atoms with Crippen molar-refractivity contribution in [2.45, 2.75) is 12.8 Å². The molecule has 1 saturated heterocycles. The van der Waals surface area contributed by atoms with Crippen LogP contribution in [0.1, 0.15) is 12.8 Å². The van der Waals surface area contributed by atoms with Gasteiger partial charge in [-0.1, -0.05) is 23.5 Å². The first kappa shape index (κ1) is 11.5. The van der Waals surface area contributed by atoms with Crippen molar-refractivity contribution in [1.29, 1.82) is 0 Å². The van der Waals surface area contributed by atoms with Crippen molar-refractivity contribution in [2.75, 3.05) is 30.4 Å². The van der Waals surface area contributed by atoms with Crippen molar-refractivity contribution >= 4 is 22.2 Å². The maximum atomic E-state index is 4.33. The second-order valence-electron chi connectivity index (χ2n) is 4.52. The molecule has 18 heavy (non-hydrogen) atoms. The minimum atomic E-state index is 0.969. The molecule has 0 saturated carbocycles. The number of hydrogen-bond donors (Lipinski definition) is 1. The molecule has 0 amide bonds. The highest BCUT2D eigenvalue weighted by molar-refractivity contribution is 7.18. The molecule has 3 nitrogen and oxygen atoms in total. The van der Waals surface area contributed by atoms with Crippen LogP contribution < -0.4 is 10.2 Å². The summed E-state index contributed by atoms with van der Waals surface area (Å²) in [5.41, 5.74) is 2.60.